The van der Waals surface area contributed by atoms with Gasteiger partial charge < -0.3 is 15.8 Å². The van der Waals surface area contributed by atoms with Crippen LogP contribution < -0.4 is 11.1 Å². The Bertz CT molecular complexity index is 1070. The van der Waals surface area contributed by atoms with Crippen LogP contribution in [0.15, 0.2) is 23.1 Å². The fraction of sp³-hybridized carbons (Fsp3) is 0.368. The van der Waals surface area contributed by atoms with E-state index in [9.17, 15) is 18.0 Å². The molecule has 1 saturated heterocycles. The predicted molar refractivity (Wildman–Crippen MR) is 111 cm³/mol. The molecule has 10 heteroatoms. The number of rotatable bonds is 5. The maximum atomic E-state index is 13.0. The first kappa shape index (κ1) is 21.4. The topological polar surface area (TPSA) is 119 Å². The first-order chi connectivity index (χ1) is 13.6. The number of primary amides is 1. The first-order valence-corrected chi connectivity index (χ1v) is 11.3. The molecular formula is C19H23N3O5S2. The summed E-state index contributed by atoms with van der Waals surface area (Å²) in [6.07, 6.45) is 0. The zero-order valence-electron chi connectivity index (χ0n) is 16.4. The molecule has 156 valence electrons. The van der Waals surface area contributed by atoms with Crippen LogP contribution in [0.1, 0.15) is 36.7 Å². The van der Waals surface area contributed by atoms with Crippen LogP contribution in [-0.4, -0.2) is 50.8 Å². The van der Waals surface area contributed by atoms with Crippen LogP contribution in [-0.2, 0) is 14.8 Å². The van der Waals surface area contributed by atoms with E-state index in [0.29, 0.717) is 23.8 Å². The lowest BCUT2D eigenvalue weighted by Crippen LogP contribution is -2.40. The number of sulfonamides is 1. The second-order valence-corrected chi connectivity index (χ2v) is 9.93. The molecule has 0 saturated carbocycles. The van der Waals surface area contributed by atoms with Gasteiger partial charge in [0, 0.05) is 23.5 Å². The molecule has 2 aromatic rings. The minimum atomic E-state index is -3.74. The quantitative estimate of drug-likeness (QED) is 0.742. The average Bonchev–Trinajstić information content (AvgIpc) is 2.96. The van der Waals surface area contributed by atoms with Gasteiger partial charge in [-0.1, -0.05) is 6.07 Å². The summed E-state index contributed by atoms with van der Waals surface area (Å²) in [6, 6.07) is 4.52. The standard InChI is InChI=1S/C19H23N3O5S2/c1-11-4-5-14(10-15(11)29(25,26)22-6-8-27-9-7-22)18(24)21-19-16(17(20)23)12(2)13(3)28-19/h4-5,10H,6-9H2,1-3H3,(H2,20,23)(H,21,24). The van der Waals surface area contributed by atoms with Crippen molar-refractivity contribution in [3.63, 3.8) is 0 Å². The number of nitrogens with one attached hydrogen (secondary N) is 1. The molecule has 0 atom stereocenters. The van der Waals surface area contributed by atoms with E-state index in [1.54, 1.807) is 26.0 Å². The Morgan fingerprint density at radius 1 is 1.17 bits per heavy atom. The van der Waals surface area contributed by atoms with Gasteiger partial charge in [-0.2, -0.15) is 4.31 Å². The van der Waals surface area contributed by atoms with Gasteiger partial charge >= 0.3 is 0 Å². The Kier molecular flexibility index (Phi) is 6.08. The summed E-state index contributed by atoms with van der Waals surface area (Å²) in [4.78, 5) is 25.5. The van der Waals surface area contributed by atoms with Crippen molar-refractivity contribution in [1.29, 1.82) is 0 Å². The Morgan fingerprint density at radius 2 is 1.83 bits per heavy atom. The zero-order valence-corrected chi connectivity index (χ0v) is 18.1. The molecule has 0 radical (unpaired) electrons. The van der Waals surface area contributed by atoms with Crippen molar-refractivity contribution in [2.45, 2.75) is 25.7 Å². The van der Waals surface area contributed by atoms with E-state index in [0.717, 1.165) is 10.4 Å². The van der Waals surface area contributed by atoms with Crippen molar-refractivity contribution >= 4 is 38.2 Å². The average molecular weight is 438 g/mol. The molecule has 0 bridgehead atoms. The molecule has 3 rings (SSSR count). The SMILES string of the molecule is Cc1ccc(C(=O)Nc2sc(C)c(C)c2C(N)=O)cc1S(=O)(=O)N1CCOCC1. The van der Waals surface area contributed by atoms with Crippen LogP contribution in [0.4, 0.5) is 5.00 Å². The third kappa shape index (κ3) is 4.20. The fourth-order valence-electron chi connectivity index (χ4n) is 3.13. The molecule has 1 fully saturated rings. The number of morpholine rings is 1. The summed E-state index contributed by atoms with van der Waals surface area (Å²) < 4.78 is 32.6. The maximum absolute atomic E-state index is 13.0. The van der Waals surface area contributed by atoms with E-state index < -0.39 is 21.8 Å². The number of carbonyl (C=O) groups is 2. The monoisotopic (exact) mass is 437 g/mol. The summed E-state index contributed by atoms with van der Waals surface area (Å²) in [7, 11) is -3.74. The molecule has 1 aliphatic heterocycles. The summed E-state index contributed by atoms with van der Waals surface area (Å²) in [5.41, 5.74) is 7.17. The Morgan fingerprint density at radius 3 is 2.45 bits per heavy atom. The molecule has 2 amide bonds. The van der Waals surface area contributed by atoms with Gasteiger partial charge in [-0.3, -0.25) is 9.59 Å². The number of ether oxygens (including phenoxy) is 1. The van der Waals surface area contributed by atoms with E-state index >= 15 is 0 Å². The third-order valence-corrected chi connectivity index (χ3v) is 8.06. The normalized spacial score (nSPS) is 15.3. The fourth-order valence-corrected chi connectivity index (χ4v) is 5.85. The van der Waals surface area contributed by atoms with Gasteiger partial charge in [0.05, 0.1) is 23.7 Å². The van der Waals surface area contributed by atoms with Gasteiger partial charge in [-0.15, -0.1) is 11.3 Å². The number of hydrogen-bond acceptors (Lipinski definition) is 6. The molecular weight excluding hydrogens is 414 g/mol. The van der Waals surface area contributed by atoms with Crippen molar-refractivity contribution in [2.24, 2.45) is 5.73 Å². The summed E-state index contributed by atoms with van der Waals surface area (Å²) in [5, 5.41) is 3.05. The number of anilines is 1. The number of nitrogens with two attached hydrogens (primary N) is 1. The number of nitrogens with zero attached hydrogens (tertiary/aromatic N) is 1. The lowest BCUT2D eigenvalue weighted by molar-refractivity contribution is 0.0730. The summed E-state index contributed by atoms with van der Waals surface area (Å²) >= 11 is 1.25. The number of hydrogen-bond donors (Lipinski definition) is 2. The molecule has 1 aliphatic rings. The maximum Gasteiger partial charge on any atom is 0.256 e. The molecule has 2 heterocycles. The van der Waals surface area contributed by atoms with Gasteiger partial charge in [0.2, 0.25) is 10.0 Å². The van der Waals surface area contributed by atoms with Gasteiger partial charge in [0.1, 0.15) is 5.00 Å². The van der Waals surface area contributed by atoms with E-state index in [1.807, 2.05) is 6.92 Å². The van der Waals surface area contributed by atoms with Crippen LogP contribution in [0.3, 0.4) is 0 Å². The second kappa shape index (κ2) is 8.23. The summed E-state index contributed by atoms with van der Waals surface area (Å²) in [6.45, 7) is 6.51. The van der Waals surface area contributed by atoms with Gasteiger partial charge in [-0.05, 0) is 44.0 Å². The highest BCUT2D eigenvalue weighted by atomic mass is 32.2. The first-order valence-electron chi connectivity index (χ1n) is 9.02. The number of benzene rings is 1. The van der Waals surface area contributed by atoms with E-state index in [1.165, 1.54) is 21.7 Å². The smallest absolute Gasteiger partial charge is 0.256 e. The molecule has 0 unspecified atom stereocenters. The molecule has 1 aromatic carbocycles. The predicted octanol–water partition coefficient (Wildman–Crippen LogP) is 2.05. The third-order valence-electron chi connectivity index (χ3n) is 4.90. The van der Waals surface area contributed by atoms with Gasteiger partial charge in [0.25, 0.3) is 11.8 Å². The van der Waals surface area contributed by atoms with Crippen molar-refractivity contribution < 1.29 is 22.7 Å². The van der Waals surface area contributed by atoms with Crippen LogP contribution in [0.25, 0.3) is 0 Å². The Balaban J connectivity index is 1.93. The number of thiophene rings is 1. The Hall–Kier alpha value is -2.27. The van der Waals surface area contributed by atoms with Gasteiger partial charge in [0.15, 0.2) is 0 Å². The number of amides is 2. The highest BCUT2D eigenvalue weighted by Gasteiger charge is 2.29. The van der Waals surface area contributed by atoms with E-state index in [4.69, 9.17) is 10.5 Å². The molecule has 0 spiro atoms. The highest BCUT2D eigenvalue weighted by molar-refractivity contribution is 7.89. The van der Waals surface area contributed by atoms with Crippen LogP contribution in [0, 0.1) is 20.8 Å². The van der Waals surface area contributed by atoms with Gasteiger partial charge in [-0.25, -0.2) is 8.42 Å². The lowest BCUT2D eigenvalue weighted by Gasteiger charge is -2.26. The lowest BCUT2D eigenvalue weighted by atomic mass is 10.1. The molecule has 8 nitrogen and oxygen atoms in total. The number of carbonyl (C=O) groups excluding carboxylic acids is 2. The van der Waals surface area contributed by atoms with Crippen molar-refractivity contribution in [2.75, 3.05) is 31.6 Å². The molecule has 29 heavy (non-hydrogen) atoms. The van der Waals surface area contributed by atoms with Crippen LogP contribution >= 0.6 is 11.3 Å². The highest BCUT2D eigenvalue weighted by Crippen LogP contribution is 2.32. The largest absolute Gasteiger partial charge is 0.379 e. The van der Waals surface area contributed by atoms with Crippen LogP contribution in [0.2, 0.25) is 0 Å². The minimum Gasteiger partial charge on any atom is -0.379 e. The molecule has 1 aromatic heterocycles. The minimum absolute atomic E-state index is 0.0840. The van der Waals surface area contributed by atoms with Crippen molar-refractivity contribution in [1.82, 2.24) is 4.31 Å². The van der Waals surface area contributed by atoms with E-state index in [2.05, 4.69) is 5.32 Å². The summed E-state index contributed by atoms with van der Waals surface area (Å²) in [5.74, 6) is -1.13. The molecule has 0 aliphatic carbocycles. The van der Waals surface area contributed by atoms with Crippen LogP contribution in [0.5, 0.6) is 0 Å². The zero-order chi connectivity index (χ0) is 21.3. The van der Waals surface area contributed by atoms with Crippen molar-refractivity contribution in [3.05, 3.63) is 45.3 Å². The van der Waals surface area contributed by atoms with Crippen molar-refractivity contribution in [3.8, 4) is 0 Å². The molecule has 3 N–H and O–H groups in total. The number of aryl methyl sites for hydroxylation is 2. The second-order valence-electron chi connectivity index (χ2n) is 6.80. The Labute approximate surface area is 173 Å². The van der Waals surface area contributed by atoms with E-state index in [-0.39, 0.29) is 29.1 Å².